The summed E-state index contributed by atoms with van der Waals surface area (Å²) in [6.07, 6.45) is 3.34. The van der Waals surface area contributed by atoms with Gasteiger partial charge in [-0.2, -0.15) is 0 Å². The number of nitrogens with one attached hydrogen (secondary N) is 1. The number of hydrogen-bond donors (Lipinski definition) is 2. The van der Waals surface area contributed by atoms with Crippen LogP contribution in [0.5, 0.6) is 0 Å². The van der Waals surface area contributed by atoms with Crippen molar-refractivity contribution < 1.29 is 31.2 Å². The summed E-state index contributed by atoms with van der Waals surface area (Å²) in [5.74, 6) is -1.02. The van der Waals surface area contributed by atoms with Crippen LogP contribution in [0.2, 0.25) is 0 Å². The van der Waals surface area contributed by atoms with Crippen LogP contribution in [0.1, 0.15) is 18.1 Å². The van der Waals surface area contributed by atoms with Gasteiger partial charge >= 0.3 is 5.97 Å². The fraction of sp³-hybridized carbons (Fsp3) is 0.154. The third-order valence-electron chi connectivity index (χ3n) is 5.85. The van der Waals surface area contributed by atoms with E-state index in [-0.39, 0.29) is 27.4 Å². The lowest BCUT2D eigenvalue weighted by molar-refractivity contribution is -0.143. The van der Waals surface area contributed by atoms with Gasteiger partial charge in [-0.05, 0) is 73.0 Å². The minimum absolute atomic E-state index is 0.0279. The molecule has 1 aliphatic rings. The molecule has 12 heteroatoms. The number of esters is 1. The molecule has 3 N–H and O–H groups in total. The lowest BCUT2D eigenvalue weighted by Crippen LogP contribution is -2.38. The number of rotatable bonds is 8. The quantitative estimate of drug-likeness (QED) is 0.320. The zero-order valence-electron chi connectivity index (χ0n) is 20.3. The molecule has 4 rings (SSSR count). The van der Waals surface area contributed by atoms with E-state index in [9.17, 15) is 26.4 Å². The first-order valence-electron chi connectivity index (χ1n) is 11.4. The van der Waals surface area contributed by atoms with Gasteiger partial charge in [0.05, 0.1) is 9.79 Å². The molecule has 10 nitrogen and oxygen atoms in total. The van der Waals surface area contributed by atoms with Crippen LogP contribution in [0.15, 0.2) is 88.7 Å². The number of amides is 1. The first kappa shape index (κ1) is 27.0. The number of ether oxygens (including phenoxy) is 1. The van der Waals surface area contributed by atoms with E-state index in [0.717, 1.165) is 23.7 Å². The number of sulfonamides is 2. The Labute approximate surface area is 220 Å². The summed E-state index contributed by atoms with van der Waals surface area (Å²) >= 11 is 0. The van der Waals surface area contributed by atoms with E-state index >= 15 is 0 Å². The molecule has 198 valence electrons. The third-order valence-corrected chi connectivity index (χ3v) is 8.18. The first-order valence-corrected chi connectivity index (χ1v) is 14.5. The van der Waals surface area contributed by atoms with Crippen LogP contribution in [0.4, 0.5) is 11.4 Å². The molecule has 3 aromatic carbocycles. The second-order valence-electron chi connectivity index (χ2n) is 8.63. The van der Waals surface area contributed by atoms with Gasteiger partial charge in [-0.3, -0.25) is 9.52 Å². The Morgan fingerprint density at radius 3 is 2.26 bits per heavy atom. The van der Waals surface area contributed by atoms with Crippen LogP contribution in [-0.2, 0) is 40.8 Å². The normalized spacial score (nSPS) is 15.3. The van der Waals surface area contributed by atoms with Crippen LogP contribution in [0.25, 0.3) is 6.08 Å². The predicted molar refractivity (Wildman–Crippen MR) is 142 cm³/mol. The number of nitrogens with zero attached hydrogens (tertiary/aromatic N) is 1. The van der Waals surface area contributed by atoms with Crippen LogP contribution >= 0.6 is 0 Å². The Hall–Kier alpha value is -4.00. The maximum absolute atomic E-state index is 12.6. The Morgan fingerprint density at radius 2 is 1.61 bits per heavy atom. The summed E-state index contributed by atoms with van der Waals surface area (Å²) < 4.78 is 55.4. The number of carbonyl (C=O) groups excluding carboxylic acids is 2. The summed E-state index contributed by atoms with van der Waals surface area (Å²) in [7, 11) is -7.84. The topological polar surface area (TPSA) is 153 Å². The SMILES string of the molecule is CC1Cc2ccccc2N1C(=O)COC(=O)C=Cc1ccc(S(=O)(=O)Nc2ccc(S(N)(=O)=O)cc2)cc1. The minimum Gasteiger partial charge on any atom is -0.452 e. The third kappa shape index (κ3) is 6.28. The van der Waals surface area contributed by atoms with Crippen molar-refractivity contribution in [3.8, 4) is 0 Å². The van der Waals surface area contributed by atoms with Crippen molar-refractivity contribution in [1.82, 2.24) is 0 Å². The van der Waals surface area contributed by atoms with Crippen LogP contribution in [0.3, 0.4) is 0 Å². The van der Waals surface area contributed by atoms with E-state index in [1.165, 1.54) is 54.6 Å². The molecule has 0 fully saturated rings. The van der Waals surface area contributed by atoms with Crippen LogP contribution in [-0.4, -0.2) is 41.4 Å². The van der Waals surface area contributed by atoms with Crippen molar-refractivity contribution in [2.24, 2.45) is 5.14 Å². The van der Waals surface area contributed by atoms with Gasteiger partial charge < -0.3 is 9.64 Å². The monoisotopic (exact) mass is 555 g/mol. The van der Waals surface area contributed by atoms with Crippen molar-refractivity contribution in [2.45, 2.75) is 29.2 Å². The maximum atomic E-state index is 12.6. The summed E-state index contributed by atoms with van der Waals surface area (Å²) in [6, 6.07) is 18.2. The van der Waals surface area contributed by atoms with Gasteiger partial charge in [0.25, 0.3) is 15.9 Å². The molecule has 1 unspecified atom stereocenters. The van der Waals surface area contributed by atoms with Gasteiger partial charge in [0.2, 0.25) is 10.0 Å². The van der Waals surface area contributed by atoms with Crippen molar-refractivity contribution in [2.75, 3.05) is 16.2 Å². The van der Waals surface area contributed by atoms with Crippen molar-refractivity contribution >= 4 is 49.4 Å². The first-order chi connectivity index (χ1) is 17.9. The van der Waals surface area contributed by atoms with Crippen LogP contribution in [0, 0.1) is 0 Å². The molecular formula is C26H25N3O7S2. The highest BCUT2D eigenvalue weighted by molar-refractivity contribution is 7.92. The molecule has 0 radical (unpaired) electrons. The number of anilines is 2. The average Bonchev–Trinajstić information content (AvgIpc) is 3.21. The lowest BCUT2D eigenvalue weighted by atomic mass is 10.1. The summed E-state index contributed by atoms with van der Waals surface area (Å²) in [6.45, 7) is 1.53. The minimum atomic E-state index is -3.95. The van der Waals surface area contributed by atoms with Gasteiger partial charge in [0.1, 0.15) is 0 Å². The fourth-order valence-electron chi connectivity index (χ4n) is 4.05. The highest BCUT2D eigenvalue weighted by atomic mass is 32.2. The average molecular weight is 556 g/mol. The molecule has 0 bridgehead atoms. The Bertz CT molecular complexity index is 1600. The smallest absolute Gasteiger partial charge is 0.331 e. The Balaban J connectivity index is 1.33. The van der Waals surface area contributed by atoms with Gasteiger partial charge in [0, 0.05) is 23.5 Å². The zero-order chi connectivity index (χ0) is 27.5. The lowest BCUT2D eigenvalue weighted by Gasteiger charge is -2.22. The number of para-hydroxylation sites is 1. The number of carbonyl (C=O) groups is 2. The van der Waals surface area contributed by atoms with E-state index in [2.05, 4.69) is 4.72 Å². The van der Waals surface area contributed by atoms with Crippen molar-refractivity contribution in [1.29, 1.82) is 0 Å². The second kappa shape index (κ2) is 10.8. The molecule has 1 amide bonds. The molecule has 1 heterocycles. The molecule has 3 aromatic rings. The molecular weight excluding hydrogens is 530 g/mol. The number of benzene rings is 3. The van der Waals surface area contributed by atoms with E-state index in [1.54, 1.807) is 4.90 Å². The van der Waals surface area contributed by atoms with Gasteiger partial charge in [-0.15, -0.1) is 0 Å². The number of nitrogens with two attached hydrogens (primary N) is 1. The predicted octanol–water partition coefficient (Wildman–Crippen LogP) is 2.67. The van der Waals surface area contributed by atoms with Crippen LogP contribution < -0.4 is 14.8 Å². The summed E-state index contributed by atoms with van der Waals surface area (Å²) in [5, 5.41) is 5.04. The molecule has 1 aliphatic heterocycles. The molecule has 0 aliphatic carbocycles. The second-order valence-corrected chi connectivity index (χ2v) is 11.9. The highest BCUT2D eigenvalue weighted by Gasteiger charge is 2.30. The Kier molecular flexibility index (Phi) is 7.67. The summed E-state index contributed by atoms with van der Waals surface area (Å²) in [5.41, 5.74) is 2.58. The number of fused-ring (bicyclic) bond motifs is 1. The largest absolute Gasteiger partial charge is 0.452 e. The van der Waals surface area contributed by atoms with E-state index < -0.39 is 32.6 Å². The van der Waals surface area contributed by atoms with Crippen molar-refractivity contribution in [3.63, 3.8) is 0 Å². The van der Waals surface area contributed by atoms with Gasteiger partial charge in [-0.25, -0.2) is 26.8 Å². The van der Waals surface area contributed by atoms with Gasteiger partial charge in [-0.1, -0.05) is 30.3 Å². The van der Waals surface area contributed by atoms with E-state index in [1.807, 2.05) is 31.2 Å². The highest BCUT2D eigenvalue weighted by Crippen LogP contribution is 2.31. The Morgan fingerprint density at radius 1 is 0.974 bits per heavy atom. The fourth-order valence-corrected chi connectivity index (χ4v) is 5.62. The molecule has 1 atom stereocenters. The molecule has 0 saturated carbocycles. The van der Waals surface area contributed by atoms with E-state index in [4.69, 9.17) is 9.88 Å². The van der Waals surface area contributed by atoms with Crippen molar-refractivity contribution in [3.05, 3.63) is 90.0 Å². The number of primary sulfonamides is 1. The van der Waals surface area contributed by atoms with Gasteiger partial charge in [0.15, 0.2) is 6.61 Å². The van der Waals surface area contributed by atoms with E-state index in [0.29, 0.717) is 5.56 Å². The standard InChI is InChI=1S/C26H25N3O7S2/c1-18-16-20-4-2-3-5-24(20)29(18)25(30)17-36-26(31)15-8-19-6-11-23(12-7-19)38(34,35)28-21-9-13-22(14-10-21)37(27,32)33/h2-15,18,28H,16-17H2,1H3,(H2,27,32,33). The molecule has 0 saturated heterocycles. The molecule has 0 spiro atoms. The number of hydrogen-bond acceptors (Lipinski definition) is 7. The summed E-state index contributed by atoms with van der Waals surface area (Å²) in [4.78, 5) is 26.2. The molecule has 38 heavy (non-hydrogen) atoms. The maximum Gasteiger partial charge on any atom is 0.331 e. The zero-order valence-corrected chi connectivity index (χ0v) is 21.9. The molecule has 0 aromatic heterocycles.